The molecule has 0 heterocycles. The van der Waals surface area contributed by atoms with Crippen molar-refractivity contribution in [3.8, 4) is 0 Å². The molecule has 0 aliphatic heterocycles. The lowest BCUT2D eigenvalue weighted by Crippen LogP contribution is -2.42. The monoisotopic (exact) mass is 492 g/mol. The maximum Gasteiger partial charge on any atom is 0.306 e. The Labute approximate surface area is 213 Å². The number of hydrogen-bond donors (Lipinski definition) is 3. The van der Waals surface area contributed by atoms with Crippen molar-refractivity contribution >= 4 is 17.8 Å². The zero-order valence-corrected chi connectivity index (χ0v) is 20.6. The lowest BCUT2D eigenvalue weighted by atomic mass is 9.98. The van der Waals surface area contributed by atoms with Gasteiger partial charge >= 0.3 is 5.97 Å². The summed E-state index contributed by atoms with van der Waals surface area (Å²) in [7, 11) is 0. The molecule has 0 aliphatic carbocycles. The van der Waals surface area contributed by atoms with E-state index in [0.717, 1.165) is 11.1 Å². The summed E-state index contributed by atoms with van der Waals surface area (Å²) >= 11 is 0. The minimum absolute atomic E-state index is 0.0254. The number of aliphatic hydroxyl groups excluding tert-OH is 1. The number of rotatable bonds is 16. The van der Waals surface area contributed by atoms with E-state index in [-0.39, 0.29) is 43.8 Å². The first-order valence-electron chi connectivity index (χ1n) is 12.1. The second-order valence-electron chi connectivity index (χ2n) is 8.54. The van der Waals surface area contributed by atoms with Gasteiger partial charge in [-0.15, -0.1) is 13.2 Å². The van der Waals surface area contributed by atoms with Crippen molar-refractivity contribution in [2.75, 3.05) is 13.2 Å². The molecule has 2 aromatic carbocycles. The van der Waals surface area contributed by atoms with Gasteiger partial charge in [-0.2, -0.15) is 0 Å². The van der Waals surface area contributed by atoms with Crippen molar-refractivity contribution in [1.29, 1.82) is 0 Å². The van der Waals surface area contributed by atoms with E-state index < -0.39 is 18.0 Å². The normalized spacial score (nSPS) is 13.0. The van der Waals surface area contributed by atoms with Gasteiger partial charge in [0.15, 0.2) is 0 Å². The number of esters is 1. The number of aliphatic hydroxyl groups is 1. The molecule has 7 nitrogen and oxygen atoms in total. The fourth-order valence-corrected chi connectivity index (χ4v) is 3.72. The van der Waals surface area contributed by atoms with Gasteiger partial charge in [-0.3, -0.25) is 14.4 Å². The van der Waals surface area contributed by atoms with Gasteiger partial charge in [0.05, 0.1) is 24.6 Å². The average molecular weight is 493 g/mol. The second kappa shape index (κ2) is 16.1. The summed E-state index contributed by atoms with van der Waals surface area (Å²) in [5.41, 5.74) is 1.78. The second-order valence-corrected chi connectivity index (χ2v) is 8.54. The average Bonchev–Trinajstić information content (AvgIpc) is 2.90. The van der Waals surface area contributed by atoms with Crippen LogP contribution in [0.5, 0.6) is 0 Å². The van der Waals surface area contributed by atoms with Crippen molar-refractivity contribution in [1.82, 2.24) is 10.6 Å². The van der Waals surface area contributed by atoms with Crippen molar-refractivity contribution in [2.45, 2.75) is 44.2 Å². The molecule has 2 amide bonds. The van der Waals surface area contributed by atoms with Gasteiger partial charge in [0.2, 0.25) is 11.8 Å². The summed E-state index contributed by atoms with van der Waals surface area (Å²) in [4.78, 5) is 37.9. The summed E-state index contributed by atoms with van der Waals surface area (Å²) in [6, 6.07) is 17.7. The molecule has 7 heteroatoms. The quantitative estimate of drug-likeness (QED) is 0.245. The fraction of sp³-hybridized carbons (Fsp3) is 0.345. The molecule has 2 aromatic rings. The molecule has 0 saturated carbocycles. The Bertz CT molecular complexity index is 978. The lowest BCUT2D eigenvalue weighted by molar-refractivity contribution is -0.145. The molecule has 0 fully saturated rings. The van der Waals surface area contributed by atoms with Crippen LogP contribution in [0.25, 0.3) is 0 Å². The van der Waals surface area contributed by atoms with Gasteiger partial charge in [0.1, 0.15) is 6.61 Å². The Morgan fingerprint density at radius 1 is 0.944 bits per heavy atom. The Morgan fingerprint density at radius 2 is 1.61 bits per heavy atom. The van der Waals surface area contributed by atoms with Crippen LogP contribution in [-0.4, -0.2) is 42.1 Å². The van der Waals surface area contributed by atoms with Crippen LogP contribution in [0.15, 0.2) is 86.0 Å². The van der Waals surface area contributed by atoms with Crippen molar-refractivity contribution < 1.29 is 24.2 Å². The number of ether oxygens (including phenoxy) is 1. The third-order valence-electron chi connectivity index (χ3n) is 5.65. The van der Waals surface area contributed by atoms with E-state index in [9.17, 15) is 19.5 Å². The van der Waals surface area contributed by atoms with Gasteiger partial charge in [0.25, 0.3) is 0 Å². The van der Waals surface area contributed by atoms with E-state index in [4.69, 9.17) is 4.74 Å². The molecule has 0 unspecified atom stereocenters. The number of hydrogen-bond acceptors (Lipinski definition) is 5. The van der Waals surface area contributed by atoms with Crippen molar-refractivity contribution in [3.63, 3.8) is 0 Å². The minimum Gasteiger partial charge on any atom is -0.463 e. The smallest absolute Gasteiger partial charge is 0.306 e. The van der Waals surface area contributed by atoms with Crippen molar-refractivity contribution in [2.24, 2.45) is 5.92 Å². The molecule has 3 N–H and O–H groups in total. The van der Waals surface area contributed by atoms with Crippen LogP contribution in [-0.2, 0) is 25.5 Å². The molecule has 0 spiro atoms. The predicted octanol–water partition coefficient (Wildman–Crippen LogP) is 3.66. The zero-order valence-electron chi connectivity index (χ0n) is 20.6. The molecular formula is C29H36N2O5. The third-order valence-corrected chi connectivity index (χ3v) is 5.65. The highest BCUT2D eigenvalue weighted by molar-refractivity contribution is 5.86. The first-order valence-corrected chi connectivity index (χ1v) is 12.1. The molecule has 0 radical (unpaired) electrons. The zero-order chi connectivity index (χ0) is 26.2. The number of allylic oxidation sites excluding steroid dienone is 2. The molecule has 3 atom stereocenters. The number of amides is 2. The Balaban J connectivity index is 2.02. The molecule has 0 bridgehead atoms. The summed E-state index contributed by atoms with van der Waals surface area (Å²) < 4.78 is 5.38. The van der Waals surface area contributed by atoms with E-state index in [1.807, 2.05) is 60.7 Å². The van der Waals surface area contributed by atoms with E-state index in [1.54, 1.807) is 12.2 Å². The summed E-state index contributed by atoms with van der Waals surface area (Å²) in [5, 5.41) is 15.5. The van der Waals surface area contributed by atoms with E-state index in [0.29, 0.717) is 19.3 Å². The third kappa shape index (κ3) is 10.3. The predicted molar refractivity (Wildman–Crippen MR) is 140 cm³/mol. The van der Waals surface area contributed by atoms with Gasteiger partial charge in [-0.25, -0.2) is 0 Å². The minimum atomic E-state index is -0.666. The highest BCUT2D eigenvalue weighted by atomic mass is 16.5. The number of benzene rings is 2. The van der Waals surface area contributed by atoms with Crippen LogP contribution in [0.3, 0.4) is 0 Å². The van der Waals surface area contributed by atoms with Crippen LogP contribution in [0.2, 0.25) is 0 Å². The number of carbonyl (C=O) groups is 3. The highest BCUT2D eigenvalue weighted by Gasteiger charge is 2.25. The van der Waals surface area contributed by atoms with Gasteiger partial charge in [-0.05, 0) is 30.4 Å². The van der Waals surface area contributed by atoms with Crippen LogP contribution in [0.4, 0.5) is 0 Å². The first-order chi connectivity index (χ1) is 17.5. The molecule has 0 aliphatic rings. The van der Waals surface area contributed by atoms with Crippen LogP contribution in [0.1, 0.15) is 42.9 Å². The molecule has 36 heavy (non-hydrogen) atoms. The van der Waals surface area contributed by atoms with Crippen LogP contribution in [0, 0.1) is 5.92 Å². The summed E-state index contributed by atoms with van der Waals surface area (Å²) in [6.07, 6.45) is 4.67. The van der Waals surface area contributed by atoms with Gasteiger partial charge in [0, 0.05) is 12.8 Å². The largest absolute Gasteiger partial charge is 0.463 e. The molecule has 2 rings (SSSR count). The fourth-order valence-electron chi connectivity index (χ4n) is 3.72. The van der Waals surface area contributed by atoms with Crippen LogP contribution >= 0.6 is 0 Å². The topological polar surface area (TPSA) is 105 Å². The number of nitrogens with one attached hydrogen (secondary N) is 2. The van der Waals surface area contributed by atoms with Crippen molar-refractivity contribution in [3.05, 3.63) is 97.1 Å². The molecule has 192 valence electrons. The maximum absolute atomic E-state index is 13.2. The Kier molecular flexibility index (Phi) is 12.7. The summed E-state index contributed by atoms with van der Waals surface area (Å²) in [6.45, 7) is 7.08. The molecule has 0 aromatic heterocycles. The van der Waals surface area contributed by atoms with Gasteiger partial charge < -0.3 is 20.5 Å². The standard InChI is InChI=1S/C29H36N2O5/c1-3-5-17-28(34)36-21-26(23-15-10-7-11-16-23)31-29(35)24(12-4-2)19-27(33)30-25(20-32)18-22-13-8-6-9-14-22/h3-4,6-11,13-16,24-26,32H,1-2,5,12,17-21H2,(H,30,33)(H,31,35)/t24-,25+,26-/m1/s1. The van der Waals surface area contributed by atoms with E-state index in [2.05, 4.69) is 23.8 Å². The maximum atomic E-state index is 13.2. The highest BCUT2D eigenvalue weighted by Crippen LogP contribution is 2.17. The molecular weight excluding hydrogens is 456 g/mol. The molecule has 0 saturated heterocycles. The van der Waals surface area contributed by atoms with Crippen LogP contribution < -0.4 is 10.6 Å². The number of carbonyl (C=O) groups excluding carboxylic acids is 3. The van der Waals surface area contributed by atoms with E-state index >= 15 is 0 Å². The van der Waals surface area contributed by atoms with E-state index in [1.165, 1.54) is 0 Å². The Morgan fingerprint density at radius 3 is 2.22 bits per heavy atom. The van der Waals surface area contributed by atoms with Gasteiger partial charge in [-0.1, -0.05) is 72.8 Å². The Hall–Kier alpha value is -3.71. The SMILES string of the molecule is C=CCCC(=O)OC[C@@H](NC(=O)[C@H](CC=C)CC(=O)N[C@H](CO)Cc1ccccc1)c1ccccc1. The lowest BCUT2D eigenvalue weighted by Gasteiger charge is -2.23. The first kappa shape index (κ1) is 28.5. The summed E-state index contributed by atoms with van der Waals surface area (Å²) in [5.74, 6) is -1.72.